The third-order valence-electron chi connectivity index (χ3n) is 19.2. The molecule has 143 heavy (non-hydrogen) atoms. The average Bonchev–Trinajstić information content (AvgIpc) is 1.63. The number of methoxy groups -OCH3 is 1. The van der Waals surface area contributed by atoms with Gasteiger partial charge in [-0.3, -0.25) is 34.6 Å². The van der Waals surface area contributed by atoms with Gasteiger partial charge in [0.2, 0.25) is 27.1 Å². The molecule has 0 bridgehead atoms. The summed E-state index contributed by atoms with van der Waals surface area (Å²) in [4.78, 5) is 103. The van der Waals surface area contributed by atoms with E-state index in [1.54, 1.807) is 168 Å². The first-order valence-corrected chi connectivity index (χ1v) is 58.0. The van der Waals surface area contributed by atoms with E-state index in [0.29, 0.717) is 164 Å². The van der Waals surface area contributed by atoms with Crippen LogP contribution in [0.2, 0.25) is 134 Å². The van der Waals surface area contributed by atoms with E-state index in [0.717, 1.165) is 35.7 Å². The summed E-state index contributed by atoms with van der Waals surface area (Å²) in [6.45, 7) is 30.3. The molecule has 10 aromatic heterocycles. The molecule has 0 atom stereocenters. The minimum Gasteiger partial charge on any atom is -0.850 e. The Morgan fingerprint density at radius 3 is 1.30 bits per heavy atom. The molecule has 0 aliphatic rings. The van der Waals surface area contributed by atoms with Crippen LogP contribution in [-0.2, 0) is 34.4 Å². The first-order valence-electron chi connectivity index (χ1n) is 42.7. The van der Waals surface area contributed by atoms with Gasteiger partial charge < -0.3 is 91.1 Å². The number of anilines is 8. The molecule has 0 aliphatic carbocycles. The Bertz CT molecular complexity index is 6900. The number of non-ortho nitro benzene ring substituents is 2. The van der Waals surface area contributed by atoms with Gasteiger partial charge in [0.15, 0.2) is 11.3 Å². The van der Waals surface area contributed by atoms with Crippen LogP contribution in [0.1, 0.15) is 64.8 Å². The van der Waals surface area contributed by atoms with E-state index in [4.69, 9.17) is 158 Å². The number of aryl methyl sites for hydroxylation is 1. The van der Waals surface area contributed by atoms with Crippen molar-refractivity contribution in [2.24, 2.45) is 0 Å². The van der Waals surface area contributed by atoms with Crippen molar-refractivity contribution in [1.82, 2.24) is 89.5 Å². The quantitative estimate of drug-likeness (QED) is 0.00435. The Kier molecular flexibility index (Phi) is 48.2. The van der Waals surface area contributed by atoms with Gasteiger partial charge >= 0.3 is 51.4 Å². The maximum atomic E-state index is 12.5. The molecular weight excluding hydrogens is 2150 g/mol. The number of nitro benzene ring substituents is 2. The molecule has 0 fully saturated rings. The van der Waals surface area contributed by atoms with Gasteiger partial charge in [-0.05, 0) is 126 Å². The van der Waals surface area contributed by atoms with Gasteiger partial charge in [0, 0.05) is 132 Å². The molecule has 15 rings (SSSR count). The number of aromatic amines is 2. The van der Waals surface area contributed by atoms with Crippen molar-refractivity contribution in [3.63, 3.8) is 0 Å². The molecule has 760 valence electrons. The summed E-state index contributed by atoms with van der Waals surface area (Å²) in [5, 5.41) is 55.2. The second-order valence-electron chi connectivity index (χ2n) is 35.0. The second kappa shape index (κ2) is 56.5. The van der Waals surface area contributed by atoms with E-state index in [9.17, 15) is 39.7 Å². The zero-order valence-corrected chi connectivity index (χ0v) is 95.1. The number of nitrogens with two attached hydrogens (primary N) is 2. The molecule has 0 saturated heterocycles. The van der Waals surface area contributed by atoms with E-state index in [-0.39, 0.29) is 132 Å². The maximum absolute atomic E-state index is 12.5. The molecule has 0 aliphatic heterocycles. The van der Waals surface area contributed by atoms with Gasteiger partial charge in [-0.2, -0.15) is 34.9 Å². The van der Waals surface area contributed by atoms with E-state index in [2.05, 4.69) is 151 Å². The number of ether oxygens (including phenoxy) is 4. The number of H-pyrrole nitrogens is 2. The van der Waals surface area contributed by atoms with Gasteiger partial charge in [-0.1, -0.05) is 211 Å². The summed E-state index contributed by atoms with van der Waals surface area (Å²) >= 11 is 65.8. The number of halogens is 11. The number of carbonyl (C=O) groups excluding carboxylic acids is 3. The van der Waals surface area contributed by atoms with Crippen molar-refractivity contribution in [2.75, 3.05) is 75.5 Å². The summed E-state index contributed by atoms with van der Waals surface area (Å²) in [5.41, 5.74) is 17.6. The monoisotopic (exact) mass is 2250 g/mol. The van der Waals surface area contributed by atoms with Gasteiger partial charge in [0.25, 0.3) is 29.1 Å². The fraction of sp³-hybridized carbons (Fsp3) is 0.308. The van der Waals surface area contributed by atoms with Crippen LogP contribution in [-0.4, -0.2) is 179 Å². The molecule has 37 nitrogen and oxygen atoms in total. The minimum atomic E-state index is -1.29. The van der Waals surface area contributed by atoms with E-state index in [1.807, 2.05) is 10.6 Å². The Labute approximate surface area is 926 Å². The number of aromatic nitrogens is 15. The molecule has 0 saturated carbocycles. The Morgan fingerprint density at radius 2 is 0.846 bits per heavy atom. The molecule has 10 heterocycles. The molecule has 12 N–H and O–H groups in total. The largest absolute Gasteiger partial charge is 1.00 e. The molecule has 0 radical (unpaired) electrons. The number of benzene rings is 5. The number of hydrogen-bond acceptors (Lipinski definition) is 27. The van der Waals surface area contributed by atoms with Crippen molar-refractivity contribution >= 4 is 282 Å². The van der Waals surface area contributed by atoms with Crippen LogP contribution in [0.25, 0.3) is 55.2 Å². The number of hydrogen-bond donors (Lipinski definition) is 10. The predicted octanol–water partition coefficient (Wildman–Crippen LogP) is 21.1. The molecule has 0 unspecified atom stereocenters. The van der Waals surface area contributed by atoms with Crippen LogP contribution in [0.3, 0.4) is 0 Å². The van der Waals surface area contributed by atoms with Crippen LogP contribution in [0.15, 0.2) is 146 Å². The fourth-order valence-corrected chi connectivity index (χ4v) is 17.0. The standard InChI is InChI=1S/C27H32ClN7O5Si.C20H25Cl2N5O2Si.C12H16Cl3N3OSi.C8H10N2O.C7H8N2O2.C6H2Cl3N3.C6H3Cl2N3.C4H9O.CH4.K/c1-29-26(36)18-8-6-7-9-20(18)30-24-23-19(28)15-34(16-40-12-13-41(3,4)5)25(23)33-27(32-24)31-21-14-17(35(37)38)10-11-22(21)39-2;1-23-19(28)13-7-5-6-8-15(13)24-17-16-14(21)11-27(18(16)26-20(22)25-17)12-29-9-10-30(2,3)4;1-20(2,3)5-4-19-7-18-6-8(13)9-10(14)16-12(15)17-11(9)18;1-10-8(11)6-4-2-3-5-7(6)9;1-5-2-3-6(9(10)11)4-7(5)8;7-2-1-10-5-3(2)4(8)11-6(9)12-5;7-4-3-1-2-9-5(3)11-6(8)10-4;1-4(2,3)5;;/h6-11,14-15H,12-13,16H2,1-5H3,(H,29,36)(H2,30,31,32,33);5-8,11H,9-10,12H2,1-4H3,(H,23,28)(H,24,25,26);6H,4-5,7H2,1-3H3;2-5H,9H2,1H3,(H,10,11);2-4H,8H2,1H3;1H,(H,10,11,12);1-2H,(H,9,10,11);1-3H3;1H4;/q;;;;;;;-1;;+1. The van der Waals surface area contributed by atoms with Crippen molar-refractivity contribution in [1.29, 1.82) is 0 Å². The van der Waals surface area contributed by atoms with Crippen LogP contribution in [0.4, 0.5) is 57.4 Å². The van der Waals surface area contributed by atoms with E-state index in [1.165, 1.54) is 37.4 Å². The van der Waals surface area contributed by atoms with Crippen molar-refractivity contribution in [2.45, 2.75) is 138 Å². The van der Waals surface area contributed by atoms with Crippen LogP contribution >= 0.6 is 128 Å². The molecule has 15 aromatic rings. The summed E-state index contributed by atoms with van der Waals surface area (Å²) in [6, 6.07) is 34.6. The molecular formula is C91H109Cl11KN25O12Si3. The van der Waals surface area contributed by atoms with Crippen molar-refractivity contribution in [3.05, 3.63) is 245 Å². The number of fused-ring (bicyclic) bond motifs is 5. The predicted molar refractivity (Wildman–Crippen MR) is 580 cm³/mol. The van der Waals surface area contributed by atoms with E-state index < -0.39 is 39.7 Å². The topological polar surface area (TPSA) is 497 Å². The minimum absolute atomic E-state index is 0. The molecule has 52 heteroatoms. The fourth-order valence-electron chi connectivity index (χ4n) is 12.0. The number of rotatable bonds is 27. The number of para-hydroxylation sites is 3. The number of nitrogens with one attached hydrogen (secondary N) is 8. The van der Waals surface area contributed by atoms with Crippen LogP contribution in [0.5, 0.6) is 5.75 Å². The summed E-state index contributed by atoms with van der Waals surface area (Å²) < 4.78 is 28.3. The summed E-state index contributed by atoms with van der Waals surface area (Å²) in [5.74, 6) is 0.585. The van der Waals surface area contributed by atoms with Gasteiger partial charge in [-0.25, -0.2) is 15.0 Å². The normalized spacial score (nSPS) is 11.0. The first kappa shape index (κ1) is 122. The van der Waals surface area contributed by atoms with Gasteiger partial charge in [0.05, 0.1) is 97.7 Å². The first-order chi connectivity index (χ1) is 66.3. The SMILES string of the molecule is C.CC(C)(C)[O-].CNC(=O)c1ccccc1N.CNC(=O)c1ccccc1Nc1nc(Cl)nc2c1c(Cl)cn2COCC[Si](C)(C)C.CNC(=O)c1ccccc1Nc1nc(Nc2cc([N+](=O)[O-])ccc2OC)nc2c1c(Cl)cn2COCC[Si](C)(C)C.C[Si](C)(C)CCOCn1cc(Cl)c2c(Cl)nc(Cl)nc21.Cc1ccc([N+](=O)[O-])cc1N.Clc1nc(Cl)c2c(Cl)c[nH]c2n1.Clc1nc(Cl)c2cc[nH]c2n1.[K+]. The van der Waals surface area contributed by atoms with Crippen LogP contribution < -0.4 is 105 Å². The third kappa shape index (κ3) is 37.8. The molecule has 5 aromatic carbocycles. The zero-order chi connectivity index (χ0) is 104. The Morgan fingerprint density at radius 1 is 0.455 bits per heavy atom. The Hall–Kier alpha value is -9.47. The number of nitrogens with zero attached hydrogens (tertiary/aromatic N) is 15. The number of nitrogen functional groups attached to an aromatic ring is 2. The second-order valence-corrected chi connectivity index (χ2v) is 55.9. The van der Waals surface area contributed by atoms with Gasteiger partial charge in [-0.15, -0.1) is 5.60 Å². The van der Waals surface area contributed by atoms with Crippen LogP contribution in [0, 0.1) is 27.2 Å². The number of amides is 3. The summed E-state index contributed by atoms with van der Waals surface area (Å²) in [6.07, 6.45) is 8.52. The smallest absolute Gasteiger partial charge is 0.850 e. The Balaban J connectivity index is 0.000000269. The number of nitro groups is 2. The zero-order valence-electron chi connectivity index (χ0n) is 80.6. The molecule has 0 spiro atoms. The number of carbonyl (C=O) groups is 3. The van der Waals surface area contributed by atoms with E-state index >= 15 is 0 Å². The van der Waals surface area contributed by atoms with Crippen molar-refractivity contribution < 1.29 is 99.7 Å². The maximum Gasteiger partial charge on any atom is 1.00 e. The van der Waals surface area contributed by atoms with Gasteiger partial charge in [0.1, 0.15) is 70.0 Å². The average molecular weight is 2260 g/mol. The molecule has 3 amide bonds. The summed E-state index contributed by atoms with van der Waals surface area (Å²) in [7, 11) is 2.62. The third-order valence-corrected chi connectivity index (χ3v) is 27.0. The van der Waals surface area contributed by atoms with Crippen molar-refractivity contribution in [3.8, 4) is 5.75 Å².